The quantitative estimate of drug-likeness (QED) is 0.417. The lowest BCUT2D eigenvalue weighted by atomic mass is 10.1. The Morgan fingerprint density at radius 3 is 1.00 bits per heavy atom. The van der Waals surface area contributed by atoms with Crippen molar-refractivity contribution in [3.05, 3.63) is 82.9 Å². The van der Waals surface area contributed by atoms with Crippen molar-refractivity contribution in [3.63, 3.8) is 0 Å². The standard InChI is InChI=1S/C12H12.C8H10.2CH4/c1-9-3-5-12-8-10(2)4-6-11(12)7-9;1-7-3-5-8(2)6-4-7;;/h3-8H,1-2H3;3-6H,1-2H3;2*1H4. The fourth-order valence-corrected chi connectivity index (χ4v) is 2.12. The molecule has 0 aromatic heterocycles. The summed E-state index contributed by atoms with van der Waals surface area (Å²) in [7, 11) is 0. The van der Waals surface area contributed by atoms with Gasteiger partial charge in [-0.25, -0.2) is 0 Å². The normalized spacial score (nSPS) is 9.09. The summed E-state index contributed by atoms with van der Waals surface area (Å²) in [6.45, 7) is 8.44. The van der Waals surface area contributed by atoms with Gasteiger partial charge in [0.2, 0.25) is 0 Å². The summed E-state index contributed by atoms with van der Waals surface area (Å²) in [5, 5.41) is 2.67. The monoisotopic (exact) mass is 294 g/mol. The first-order valence-corrected chi connectivity index (χ1v) is 7.05. The molecule has 0 heteroatoms. The number of fused-ring (bicyclic) bond motifs is 1. The van der Waals surface area contributed by atoms with Crippen LogP contribution < -0.4 is 0 Å². The van der Waals surface area contributed by atoms with Gasteiger partial charge in [-0.05, 0) is 38.5 Å². The van der Waals surface area contributed by atoms with Gasteiger partial charge < -0.3 is 0 Å². The molecule has 0 saturated carbocycles. The summed E-state index contributed by atoms with van der Waals surface area (Å²) in [6, 6.07) is 21.6. The fourth-order valence-electron chi connectivity index (χ4n) is 2.12. The second kappa shape index (κ2) is 9.04. The van der Waals surface area contributed by atoms with Gasteiger partial charge in [0.15, 0.2) is 0 Å². The topological polar surface area (TPSA) is 0 Å². The maximum absolute atomic E-state index is 2.22. The summed E-state index contributed by atoms with van der Waals surface area (Å²) >= 11 is 0. The van der Waals surface area contributed by atoms with Gasteiger partial charge in [0.25, 0.3) is 0 Å². The SMILES string of the molecule is C.C.Cc1ccc(C)cc1.Cc1ccc2cc(C)ccc2c1. The van der Waals surface area contributed by atoms with Crippen LogP contribution in [0.2, 0.25) is 0 Å². The minimum atomic E-state index is 0. The van der Waals surface area contributed by atoms with Gasteiger partial charge >= 0.3 is 0 Å². The smallest absolute Gasteiger partial charge is 0.0181 e. The van der Waals surface area contributed by atoms with Crippen LogP contribution in [0.25, 0.3) is 10.8 Å². The van der Waals surface area contributed by atoms with Crippen molar-refractivity contribution in [1.82, 2.24) is 0 Å². The largest absolute Gasteiger partial charge is 0.0776 e. The van der Waals surface area contributed by atoms with Crippen LogP contribution in [-0.4, -0.2) is 0 Å². The minimum absolute atomic E-state index is 0. The molecule has 0 aliphatic rings. The first-order valence-electron chi connectivity index (χ1n) is 7.05. The number of rotatable bonds is 0. The second-order valence-electron chi connectivity index (χ2n) is 5.51. The van der Waals surface area contributed by atoms with Crippen LogP contribution in [0.3, 0.4) is 0 Å². The fraction of sp³-hybridized carbons (Fsp3) is 0.273. The Balaban J connectivity index is 0.000000393. The molecule has 0 nitrogen and oxygen atoms in total. The van der Waals surface area contributed by atoms with E-state index >= 15 is 0 Å². The zero-order valence-electron chi connectivity index (χ0n) is 12.8. The molecule has 0 unspecified atom stereocenters. The molecule has 0 bridgehead atoms. The van der Waals surface area contributed by atoms with Crippen molar-refractivity contribution in [3.8, 4) is 0 Å². The molecule has 0 spiro atoms. The summed E-state index contributed by atoms with van der Waals surface area (Å²) in [6.07, 6.45) is 0. The lowest BCUT2D eigenvalue weighted by Gasteiger charge is -1.99. The molecule has 0 atom stereocenters. The van der Waals surface area contributed by atoms with Gasteiger partial charge in [0.1, 0.15) is 0 Å². The molecule has 0 fully saturated rings. The molecular formula is C22H30. The van der Waals surface area contributed by atoms with E-state index in [-0.39, 0.29) is 14.9 Å². The van der Waals surface area contributed by atoms with Crippen LogP contribution in [0, 0.1) is 27.7 Å². The molecule has 3 rings (SSSR count). The van der Waals surface area contributed by atoms with Crippen LogP contribution in [0.5, 0.6) is 0 Å². The first-order chi connectivity index (χ1) is 9.54. The highest BCUT2D eigenvalue weighted by Crippen LogP contribution is 2.16. The third-order valence-electron chi connectivity index (χ3n) is 3.37. The van der Waals surface area contributed by atoms with Crippen molar-refractivity contribution in [2.75, 3.05) is 0 Å². The number of benzene rings is 3. The molecule has 3 aromatic carbocycles. The van der Waals surface area contributed by atoms with E-state index in [1.807, 2.05) is 0 Å². The molecule has 118 valence electrons. The van der Waals surface area contributed by atoms with Gasteiger partial charge in [0.05, 0.1) is 0 Å². The predicted molar refractivity (Wildman–Crippen MR) is 103 cm³/mol. The maximum Gasteiger partial charge on any atom is -0.0181 e. The molecule has 22 heavy (non-hydrogen) atoms. The van der Waals surface area contributed by atoms with E-state index in [4.69, 9.17) is 0 Å². The zero-order chi connectivity index (χ0) is 14.5. The lowest BCUT2D eigenvalue weighted by molar-refractivity contribution is 1.40. The molecule has 0 radical (unpaired) electrons. The van der Waals surface area contributed by atoms with Crippen molar-refractivity contribution in [2.24, 2.45) is 0 Å². The van der Waals surface area contributed by atoms with E-state index in [0.29, 0.717) is 0 Å². The Hall–Kier alpha value is -2.08. The Morgan fingerprint density at radius 2 is 0.682 bits per heavy atom. The lowest BCUT2D eigenvalue weighted by Crippen LogP contribution is -1.76. The molecule has 0 N–H and O–H groups in total. The maximum atomic E-state index is 2.22. The van der Waals surface area contributed by atoms with Crippen LogP contribution in [-0.2, 0) is 0 Å². The van der Waals surface area contributed by atoms with Crippen molar-refractivity contribution in [2.45, 2.75) is 42.5 Å². The Kier molecular flexibility index (Phi) is 8.19. The second-order valence-corrected chi connectivity index (χ2v) is 5.51. The molecule has 0 aliphatic carbocycles. The number of aryl methyl sites for hydroxylation is 4. The third kappa shape index (κ3) is 5.73. The minimum Gasteiger partial charge on any atom is -0.0776 e. The Morgan fingerprint density at radius 1 is 0.409 bits per heavy atom. The van der Waals surface area contributed by atoms with Gasteiger partial charge in [-0.2, -0.15) is 0 Å². The number of hydrogen-bond acceptors (Lipinski definition) is 0. The summed E-state index contributed by atoms with van der Waals surface area (Å²) in [5.74, 6) is 0. The van der Waals surface area contributed by atoms with Crippen LogP contribution in [0.4, 0.5) is 0 Å². The Labute approximate surface area is 136 Å². The van der Waals surface area contributed by atoms with E-state index in [2.05, 4.69) is 88.4 Å². The van der Waals surface area contributed by atoms with Gasteiger partial charge in [-0.1, -0.05) is 97.8 Å². The van der Waals surface area contributed by atoms with Gasteiger partial charge in [-0.3, -0.25) is 0 Å². The van der Waals surface area contributed by atoms with E-state index < -0.39 is 0 Å². The first kappa shape index (κ1) is 19.9. The molecule has 3 aromatic rings. The third-order valence-corrected chi connectivity index (χ3v) is 3.37. The highest BCUT2D eigenvalue weighted by atomic mass is 14.0. The van der Waals surface area contributed by atoms with E-state index in [1.165, 1.54) is 33.0 Å². The molecule has 0 aliphatic heterocycles. The molecular weight excluding hydrogens is 264 g/mol. The average molecular weight is 294 g/mol. The van der Waals surface area contributed by atoms with Crippen LogP contribution in [0.15, 0.2) is 60.7 Å². The highest BCUT2D eigenvalue weighted by Gasteiger charge is 1.92. The van der Waals surface area contributed by atoms with Crippen molar-refractivity contribution >= 4 is 10.8 Å². The molecule has 0 saturated heterocycles. The van der Waals surface area contributed by atoms with Gasteiger partial charge in [0, 0.05) is 0 Å². The Bertz CT molecular complexity index is 629. The summed E-state index contributed by atoms with van der Waals surface area (Å²) in [5.41, 5.74) is 5.31. The van der Waals surface area contributed by atoms with E-state index in [9.17, 15) is 0 Å². The highest BCUT2D eigenvalue weighted by molar-refractivity contribution is 5.83. The van der Waals surface area contributed by atoms with Crippen LogP contribution in [0.1, 0.15) is 37.1 Å². The van der Waals surface area contributed by atoms with Crippen LogP contribution >= 0.6 is 0 Å². The van der Waals surface area contributed by atoms with E-state index in [0.717, 1.165) is 0 Å². The average Bonchev–Trinajstić information content (AvgIpc) is 2.43. The summed E-state index contributed by atoms with van der Waals surface area (Å²) in [4.78, 5) is 0. The molecule has 0 heterocycles. The predicted octanol–water partition coefficient (Wildman–Crippen LogP) is 7.03. The van der Waals surface area contributed by atoms with Crippen molar-refractivity contribution in [1.29, 1.82) is 0 Å². The number of hydrogen-bond donors (Lipinski definition) is 0. The zero-order valence-corrected chi connectivity index (χ0v) is 12.8. The van der Waals surface area contributed by atoms with E-state index in [1.54, 1.807) is 0 Å². The van der Waals surface area contributed by atoms with Crippen molar-refractivity contribution < 1.29 is 0 Å². The van der Waals surface area contributed by atoms with Gasteiger partial charge in [-0.15, -0.1) is 0 Å². The molecule has 0 amide bonds. The summed E-state index contributed by atoms with van der Waals surface area (Å²) < 4.78 is 0.